The van der Waals surface area contributed by atoms with E-state index in [4.69, 9.17) is 0 Å². The second-order valence-corrected chi connectivity index (χ2v) is 7.87. The number of likely N-dealkylation sites (tertiary alicyclic amines) is 1. The summed E-state index contributed by atoms with van der Waals surface area (Å²) >= 11 is 0. The highest BCUT2D eigenvalue weighted by molar-refractivity contribution is 14.0. The fourth-order valence-electron chi connectivity index (χ4n) is 4.09. The molecule has 2 heterocycles. The normalized spacial score (nSPS) is 23.1. The van der Waals surface area contributed by atoms with Crippen LogP contribution in [0.4, 0.5) is 0 Å². The maximum atomic E-state index is 4.37. The van der Waals surface area contributed by atoms with Gasteiger partial charge in [-0.1, -0.05) is 13.3 Å². The Morgan fingerprint density at radius 3 is 2.41 bits per heavy atom. The topological polar surface area (TPSA) is 46.1 Å². The summed E-state index contributed by atoms with van der Waals surface area (Å²) in [6.45, 7) is 12.8. The third kappa shape index (κ3) is 9.76. The van der Waals surface area contributed by atoms with Gasteiger partial charge < -0.3 is 20.4 Å². The standard InChI is InChI=1S/C20H42N6.HI/c1-4-19-9-5-7-13-26(19)14-11-23-20(21-2)22-10-6-8-12-25-17-15-24(3)16-18-25;/h19H,4-18H2,1-3H3,(H2,21,22,23);1H. The molecule has 0 radical (unpaired) electrons. The van der Waals surface area contributed by atoms with Gasteiger partial charge in [0.1, 0.15) is 0 Å². The molecule has 0 aromatic carbocycles. The van der Waals surface area contributed by atoms with Crippen LogP contribution in [0.25, 0.3) is 0 Å². The van der Waals surface area contributed by atoms with E-state index in [0.29, 0.717) is 0 Å². The monoisotopic (exact) mass is 494 g/mol. The fraction of sp³-hybridized carbons (Fsp3) is 0.950. The van der Waals surface area contributed by atoms with E-state index in [9.17, 15) is 0 Å². The molecule has 27 heavy (non-hydrogen) atoms. The SMILES string of the molecule is CCC1CCCCN1CCNC(=NC)NCCCCN1CCN(C)CC1.I. The van der Waals surface area contributed by atoms with Gasteiger partial charge in [0.15, 0.2) is 5.96 Å². The minimum absolute atomic E-state index is 0. The molecular formula is C20H43IN6. The van der Waals surface area contributed by atoms with Gasteiger partial charge >= 0.3 is 0 Å². The molecule has 0 spiro atoms. The quantitative estimate of drug-likeness (QED) is 0.223. The van der Waals surface area contributed by atoms with Crippen LogP contribution in [0.3, 0.4) is 0 Å². The van der Waals surface area contributed by atoms with Gasteiger partial charge in [-0.25, -0.2) is 0 Å². The molecule has 2 aliphatic heterocycles. The van der Waals surface area contributed by atoms with Crippen LogP contribution >= 0.6 is 24.0 Å². The number of piperazine rings is 1. The highest BCUT2D eigenvalue weighted by atomic mass is 127. The van der Waals surface area contributed by atoms with Gasteiger partial charge in [-0.2, -0.15) is 0 Å². The van der Waals surface area contributed by atoms with E-state index < -0.39 is 0 Å². The molecule has 1 atom stereocenters. The van der Waals surface area contributed by atoms with Crippen molar-refractivity contribution in [2.24, 2.45) is 4.99 Å². The van der Waals surface area contributed by atoms with E-state index in [1.807, 2.05) is 7.05 Å². The summed E-state index contributed by atoms with van der Waals surface area (Å²) in [4.78, 5) is 12.0. The maximum Gasteiger partial charge on any atom is 0.191 e. The summed E-state index contributed by atoms with van der Waals surface area (Å²) in [6.07, 6.45) is 7.88. The molecule has 2 fully saturated rings. The first-order valence-electron chi connectivity index (χ1n) is 10.8. The Kier molecular flexibility index (Phi) is 13.7. The van der Waals surface area contributed by atoms with Crippen LogP contribution in [0.15, 0.2) is 4.99 Å². The van der Waals surface area contributed by atoms with Crippen LogP contribution in [0.5, 0.6) is 0 Å². The summed E-state index contributed by atoms with van der Waals surface area (Å²) in [5.41, 5.74) is 0. The van der Waals surface area contributed by atoms with E-state index >= 15 is 0 Å². The maximum absolute atomic E-state index is 4.37. The number of guanidine groups is 1. The Labute approximate surface area is 184 Å². The van der Waals surface area contributed by atoms with Crippen molar-refractivity contribution in [3.05, 3.63) is 0 Å². The first-order chi connectivity index (χ1) is 12.7. The lowest BCUT2D eigenvalue weighted by atomic mass is 10.0. The van der Waals surface area contributed by atoms with Gasteiger partial charge in [0.05, 0.1) is 0 Å². The summed E-state index contributed by atoms with van der Waals surface area (Å²) < 4.78 is 0. The molecule has 1 unspecified atom stereocenters. The lowest BCUT2D eigenvalue weighted by molar-refractivity contribution is 0.147. The number of unbranched alkanes of at least 4 members (excludes halogenated alkanes) is 1. The minimum Gasteiger partial charge on any atom is -0.356 e. The number of piperidine rings is 1. The predicted molar refractivity (Wildman–Crippen MR) is 127 cm³/mol. The van der Waals surface area contributed by atoms with Gasteiger partial charge in [0.2, 0.25) is 0 Å². The van der Waals surface area contributed by atoms with Crippen molar-refractivity contribution in [2.75, 3.05) is 73.0 Å². The molecule has 2 rings (SSSR count). The number of likely N-dealkylation sites (N-methyl/N-ethyl adjacent to an activating group) is 1. The highest BCUT2D eigenvalue weighted by Crippen LogP contribution is 2.18. The molecule has 0 bridgehead atoms. The molecule has 2 N–H and O–H groups in total. The van der Waals surface area contributed by atoms with Crippen LogP contribution in [0, 0.1) is 0 Å². The lowest BCUT2D eigenvalue weighted by Gasteiger charge is -2.35. The van der Waals surface area contributed by atoms with Crippen molar-refractivity contribution in [3.63, 3.8) is 0 Å². The Hall–Kier alpha value is -0.120. The number of hydrogen-bond donors (Lipinski definition) is 2. The zero-order valence-electron chi connectivity index (χ0n) is 17.9. The molecule has 0 aromatic rings. The van der Waals surface area contributed by atoms with Crippen LogP contribution < -0.4 is 10.6 Å². The number of hydrogen-bond acceptors (Lipinski definition) is 4. The molecular weight excluding hydrogens is 451 g/mol. The van der Waals surface area contributed by atoms with E-state index in [2.05, 4.69) is 44.3 Å². The average molecular weight is 495 g/mol. The molecule has 0 aromatic heterocycles. The number of nitrogens with one attached hydrogen (secondary N) is 2. The van der Waals surface area contributed by atoms with Crippen molar-refractivity contribution in [2.45, 2.75) is 51.5 Å². The number of nitrogens with zero attached hydrogens (tertiary/aromatic N) is 4. The fourth-order valence-corrected chi connectivity index (χ4v) is 4.09. The predicted octanol–water partition coefficient (Wildman–Crippen LogP) is 2.06. The summed E-state index contributed by atoms with van der Waals surface area (Å²) in [6, 6.07) is 0.787. The van der Waals surface area contributed by atoms with E-state index in [1.54, 1.807) is 0 Å². The molecule has 6 nitrogen and oxygen atoms in total. The van der Waals surface area contributed by atoms with Gasteiger partial charge in [0, 0.05) is 58.9 Å². The van der Waals surface area contributed by atoms with Crippen molar-refractivity contribution in [1.82, 2.24) is 25.3 Å². The van der Waals surface area contributed by atoms with Gasteiger partial charge in [-0.15, -0.1) is 24.0 Å². The van der Waals surface area contributed by atoms with Crippen molar-refractivity contribution < 1.29 is 0 Å². The molecule has 0 saturated carbocycles. The van der Waals surface area contributed by atoms with Crippen LogP contribution in [-0.4, -0.2) is 99.7 Å². The lowest BCUT2D eigenvalue weighted by Crippen LogP contribution is -2.46. The highest BCUT2D eigenvalue weighted by Gasteiger charge is 2.20. The van der Waals surface area contributed by atoms with Gasteiger partial charge in [-0.3, -0.25) is 9.89 Å². The zero-order valence-corrected chi connectivity index (χ0v) is 20.2. The molecule has 2 saturated heterocycles. The van der Waals surface area contributed by atoms with E-state index in [0.717, 1.165) is 31.6 Å². The number of halogens is 1. The van der Waals surface area contributed by atoms with Crippen LogP contribution in [0.1, 0.15) is 45.4 Å². The second-order valence-electron chi connectivity index (χ2n) is 7.87. The van der Waals surface area contributed by atoms with Gasteiger partial charge in [0.25, 0.3) is 0 Å². The molecule has 7 heteroatoms. The Balaban J connectivity index is 0.00000364. The van der Waals surface area contributed by atoms with Crippen molar-refractivity contribution in [1.29, 1.82) is 0 Å². The molecule has 2 aliphatic rings. The zero-order chi connectivity index (χ0) is 18.6. The summed E-state index contributed by atoms with van der Waals surface area (Å²) in [5, 5.41) is 6.96. The average Bonchev–Trinajstić information content (AvgIpc) is 2.68. The van der Waals surface area contributed by atoms with E-state index in [1.165, 1.54) is 77.8 Å². The summed E-state index contributed by atoms with van der Waals surface area (Å²) in [5.74, 6) is 0.953. The third-order valence-electron chi connectivity index (χ3n) is 5.92. The Bertz CT molecular complexity index is 398. The second kappa shape index (κ2) is 14.8. The van der Waals surface area contributed by atoms with Crippen LogP contribution in [-0.2, 0) is 0 Å². The van der Waals surface area contributed by atoms with Gasteiger partial charge in [-0.05, 0) is 52.2 Å². The Morgan fingerprint density at radius 2 is 1.70 bits per heavy atom. The number of aliphatic imine (C=N–C) groups is 1. The van der Waals surface area contributed by atoms with E-state index in [-0.39, 0.29) is 24.0 Å². The third-order valence-corrected chi connectivity index (χ3v) is 5.92. The molecule has 0 amide bonds. The Morgan fingerprint density at radius 1 is 0.963 bits per heavy atom. The molecule has 160 valence electrons. The first kappa shape index (κ1) is 24.9. The van der Waals surface area contributed by atoms with Crippen molar-refractivity contribution >= 4 is 29.9 Å². The smallest absolute Gasteiger partial charge is 0.191 e. The largest absolute Gasteiger partial charge is 0.356 e. The number of rotatable bonds is 9. The summed E-state index contributed by atoms with van der Waals surface area (Å²) in [7, 11) is 4.09. The first-order valence-corrected chi connectivity index (χ1v) is 10.8. The van der Waals surface area contributed by atoms with Crippen LogP contribution in [0.2, 0.25) is 0 Å². The minimum atomic E-state index is 0. The molecule has 0 aliphatic carbocycles. The van der Waals surface area contributed by atoms with Crippen molar-refractivity contribution in [3.8, 4) is 0 Å².